The fourth-order valence-corrected chi connectivity index (χ4v) is 5.01. The third-order valence-electron chi connectivity index (χ3n) is 4.36. The minimum atomic E-state index is -0.935. The van der Waals surface area contributed by atoms with Gasteiger partial charge in [0.05, 0.1) is 23.4 Å². The van der Waals surface area contributed by atoms with Crippen molar-refractivity contribution < 1.29 is 14.6 Å². The van der Waals surface area contributed by atoms with E-state index >= 15 is 0 Å². The predicted molar refractivity (Wildman–Crippen MR) is 128 cm³/mol. The minimum absolute atomic E-state index is 0.168. The van der Waals surface area contributed by atoms with Gasteiger partial charge in [0.25, 0.3) is 0 Å². The zero-order valence-electron chi connectivity index (χ0n) is 18.3. The molecule has 8 heteroatoms. The Morgan fingerprint density at radius 1 is 1.19 bits per heavy atom. The zero-order chi connectivity index (χ0) is 22.4. The summed E-state index contributed by atoms with van der Waals surface area (Å²) in [6.07, 6.45) is 3.76. The number of aliphatic hydroxyl groups is 1. The number of ether oxygens (including phenoxy) is 2. The molecule has 0 bridgehead atoms. The molecule has 1 aromatic carbocycles. The van der Waals surface area contributed by atoms with Crippen molar-refractivity contribution in [3.05, 3.63) is 47.1 Å². The number of thiazole rings is 1. The Labute approximate surface area is 191 Å². The van der Waals surface area contributed by atoms with Crippen LogP contribution in [0.1, 0.15) is 37.8 Å². The van der Waals surface area contributed by atoms with E-state index in [-0.39, 0.29) is 6.61 Å². The fraction of sp³-hybridized carbons (Fsp3) is 0.391. The van der Waals surface area contributed by atoms with E-state index < -0.39 is 5.60 Å². The number of nitrogens with zero attached hydrogens (tertiary/aromatic N) is 2. The first-order valence-corrected chi connectivity index (χ1v) is 12.0. The van der Waals surface area contributed by atoms with E-state index in [0.29, 0.717) is 17.2 Å². The lowest BCUT2D eigenvalue weighted by atomic mass is 10.1. The van der Waals surface area contributed by atoms with Crippen molar-refractivity contribution in [1.29, 1.82) is 0 Å². The maximum Gasteiger partial charge on any atom is 0.162 e. The summed E-state index contributed by atoms with van der Waals surface area (Å²) in [7, 11) is 1.61. The largest absolute Gasteiger partial charge is 0.493 e. The number of nitrogen functional groups attached to an aromatic ring is 1. The maximum absolute atomic E-state index is 10.0. The van der Waals surface area contributed by atoms with Gasteiger partial charge in [-0.15, -0.1) is 11.3 Å². The highest BCUT2D eigenvalue weighted by atomic mass is 32.2. The number of aryl methyl sites for hydroxylation is 1. The third kappa shape index (κ3) is 6.59. The van der Waals surface area contributed by atoms with Gasteiger partial charge in [0.15, 0.2) is 11.5 Å². The first-order chi connectivity index (χ1) is 14.8. The standard InChI is InChI=1S/C23H29N3O3S2/c1-5-6-20-17(13-30-21-12-16(24)9-10-25-21)26-22(31-20)15-7-8-18(28-4)19(11-15)29-14-23(2,3)27/h7-12,27H,5-6,13-14H2,1-4H3,(H2,24,25). The topological polar surface area (TPSA) is 90.5 Å². The lowest BCUT2D eigenvalue weighted by Gasteiger charge is -2.19. The summed E-state index contributed by atoms with van der Waals surface area (Å²) in [5, 5.41) is 11.8. The second-order valence-corrected chi connectivity index (χ2v) is 9.90. The molecule has 0 unspecified atom stereocenters. The quantitative estimate of drug-likeness (QED) is 0.403. The molecule has 3 rings (SSSR count). The molecule has 31 heavy (non-hydrogen) atoms. The van der Waals surface area contributed by atoms with Gasteiger partial charge in [-0.05, 0) is 50.6 Å². The van der Waals surface area contributed by atoms with Crippen LogP contribution in [0.5, 0.6) is 11.5 Å². The molecule has 2 heterocycles. The highest BCUT2D eigenvalue weighted by Gasteiger charge is 2.18. The number of methoxy groups -OCH3 is 1. The molecule has 3 N–H and O–H groups in total. The van der Waals surface area contributed by atoms with Crippen LogP contribution in [0.15, 0.2) is 41.6 Å². The molecule has 0 aliphatic rings. The molecule has 3 aromatic rings. The fourth-order valence-electron chi connectivity index (χ4n) is 2.86. The van der Waals surface area contributed by atoms with Gasteiger partial charge in [0, 0.05) is 28.1 Å². The zero-order valence-corrected chi connectivity index (χ0v) is 20.0. The Morgan fingerprint density at radius 2 is 2.00 bits per heavy atom. The first-order valence-electron chi connectivity index (χ1n) is 10.2. The lowest BCUT2D eigenvalue weighted by molar-refractivity contribution is 0.0276. The van der Waals surface area contributed by atoms with E-state index in [1.807, 2.05) is 24.3 Å². The predicted octanol–water partition coefficient (Wildman–Crippen LogP) is 5.19. The van der Waals surface area contributed by atoms with Crippen molar-refractivity contribution in [2.75, 3.05) is 19.5 Å². The molecule has 2 aromatic heterocycles. The van der Waals surface area contributed by atoms with Crippen LogP contribution in [0.2, 0.25) is 0 Å². The van der Waals surface area contributed by atoms with E-state index in [1.54, 1.807) is 56.3 Å². The molecular weight excluding hydrogens is 430 g/mol. The van der Waals surface area contributed by atoms with Gasteiger partial charge in [-0.1, -0.05) is 25.1 Å². The molecule has 0 aliphatic carbocycles. The second kappa shape index (κ2) is 10.3. The van der Waals surface area contributed by atoms with Crippen LogP contribution in [0.4, 0.5) is 5.69 Å². The Balaban J connectivity index is 1.85. The molecule has 0 fully saturated rings. The Kier molecular flexibility index (Phi) is 7.80. The van der Waals surface area contributed by atoms with Gasteiger partial charge in [-0.2, -0.15) is 0 Å². The highest BCUT2D eigenvalue weighted by Crippen LogP contribution is 2.37. The normalized spacial score (nSPS) is 11.5. The molecule has 0 aliphatic heterocycles. The summed E-state index contributed by atoms with van der Waals surface area (Å²) in [4.78, 5) is 10.6. The maximum atomic E-state index is 10.0. The lowest BCUT2D eigenvalue weighted by Crippen LogP contribution is -2.27. The van der Waals surface area contributed by atoms with Crippen LogP contribution in [0.25, 0.3) is 10.6 Å². The summed E-state index contributed by atoms with van der Waals surface area (Å²) in [5.41, 5.74) is 7.69. The van der Waals surface area contributed by atoms with Gasteiger partial charge < -0.3 is 20.3 Å². The van der Waals surface area contributed by atoms with Crippen LogP contribution < -0.4 is 15.2 Å². The van der Waals surface area contributed by atoms with Crippen LogP contribution in [-0.2, 0) is 12.2 Å². The van der Waals surface area contributed by atoms with Crippen molar-refractivity contribution in [2.45, 2.75) is 50.0 Å². The van der Waals surface area contributed by atoms with Gasteiger partial charge in [-0.25, -0.2) is 9.97 Å². The van der Waals surface area contributed by atoms with Crippen molar-refractivity contribution in [1.82, 2.24) is 9.97 Å². The number of benzene rings is 1. The molecule has 0 saturated heterocycles. The van der Waals surface area contributed by atoms with E-state index in [4.69, 9.17) is 20.2 Å². The molecular formula is C23H29N3O3S2. The molecule has 0 spiro atoms. The van der Waals surface area contributed by atoms with E-state index in [9.17, 15) is 5.11 Å². The average molecular weight is 460 g/mol. The third-order valence-corrected chi connectivity index (χ3v) is 6.51. The van der Waals surface area contributed by atoms with Crippen molar-refractivity contribution in [3.63, 3.8) is 0 Å². The number of pyridine rings is 1. The molecule has 0 atom stereocenters. The average Bonchev–Trinajstić information content (AvgIpc) is 3.13. The van der Waals surface area contributed by atoms with Crippen LogP contribution in [0, 0.1) is 0 Å². The summed E-state index contributed by atoms with van der Waals surface area (Å²) < 4.78 is 11.3. The minimum Gasteiger partial charge on any atom is -0.493 e. The first kappa shape index (κ1) is 23.4. The monoisotopic (exact) mass is 459 g/mol. The van der Waals surface area contributed by atoms with E-state index in [1.165, 1.54) is 4.88 Å². The number of nitrogens with two attached hydrogens (primary N) is 1. The van der Waals surface area contributed by atoms with Crippen LogP contribution >= 0.6 is 23.1 Å². The van der Waals surface area contributed by atoms with Crippen molar-refractivity contribution >= 4 is 28.8 Å². The number of aromatic nitrogens is 2. The second-order valence-electron chi connectivity index (χ2n) is 7.82. The molecule has 0 amide bonds. The van der Waals surface area contributed by atoms with Gasteiger partial charge >= 0.3 is 0 Å². The SMILES string of the molecule is CCCc1sc(-c2ccc(OC)c(OCC(C)(C)O)c2)nc1CSc1cc(N)ccn1. The molecule has 6 nitrogen and oxygen atoms in total. The summed E-state index contributed by atoms with van der Waals surface area (Å²) in [6.45, 7) is 5.76. The van der Waals surface area contributed by atoms with E-state index in [0.717, 1.165) is 39.9 Å². The van der Waals surface area contributed by atoms with Crippen LogP contribution in [0.3, 0.4) is 0 Å². The molecule has 0 saturated carbocycles. The van der Waals surface area contributed by atoms with Gasteiger partial charge in [0.2, 0.25) is 0 Å². The number of rotatable bonds is 10. The molecule has 0 radical (unpaired) electrons. The summed E-state index contributed by atoms with van der Waals surface area (Å²) >= 11 is 3.34. The Morgan fingerprint density at radius 3 is 2.68 bits per heavy atom. The summed E-state index contributed by atoms with van der Waals surface area (Å²) in [5.74, 6) is 1.96. The smallest absolute Gasteiger partial charge is 0.162 e. The number of hydrogen-bond acceptors (Lipinski definition) is 8. The number of thioether (sulfide) groups is 1. The Hall–Kier alpha value is -2.29. The summed E-state index contributed by atoms with van der Waals surface area (Å²) in [6, 6.07) is 9.46. The van der Waals surface area contributed by atoms with Crippen molar-refractivity contribution in [3.8, 4) is 22.1 Å². The Bertz CT molecular complexity index is 1020. The van der Waals surface area contributed by atoms with Crippen molar-refractivity contribution in [2.24, 2.45) is 0 Å². The highest BCUT2D eigenvalue weighted by molar-refractivity contribution is 7.98. The van der Waals surface area contributed by atoms with E-state index in [2.05, 4.69) is 11.9 Å². The molecule has 166 valence electrons. The number of anilines is 1. The van der Waals surface area contributed by atoms with Gasteiger partial charge in [0.1, 0.15) is 11.6 Å². The van der Waals surface area contributed by atoms with Gasteiger partial charge in [-0.3, -0.25) is 0 Å². The number of hydrogen-bond donors (Lipinski definition) is 2. The van der Waals surface area contributed by atoms with Crippen LogP contribution in [-0.4, -0.2) is 34.4 Å².